The van der Waals surface area contributed by atoms with Crippen molar-refractivity contribution in [2.75, 3.05) is 0 Å². The number of nitrogens with zero attached hydrogens (tertiary/aromatic N) is 4. The molecular formula is C19H14F4N4. The zero-order chi connectivity index (χ0) is 19.4. The van der Waals surface area contributed by atoms with E-state index >= 15 is 0 Å². The maximum atomic E-state index is 13.8. The van der Waals surface area contributed by atoms with Gasteiger partial charge >= 0.3 is 6.18 Å². The van der Waals surface area contributed by atoms with E-state index in [2.05, 4.69) is 20.2 Å². The maximum absolute atomic E-state index is 13.8. The van der Waals surface area contributed by atoms with E-state index in [9.17, 15) is 17.6 Å². The van der Waals surface area contributed by atoms with E-state index in [0.717, 1.165) is 12.1 Å². The van der Waals surface area contributed by atoms with Crippen molar-refractivity contribution < 1.29 is 17.6 Å². The van der Waals surface area contributed by atoms with Crippen LogP contribution in [0.15, 0.2) is 41.4 Å². The van der Waals surface area contributed by atoms with E-state index in [1.807, 2.05) is 13.8 Å². The van der Waals surface area contributed by atoms with E-state index in [1.54, 1.807) is 6.07 Å². The molecule has 0 atom stereocenters. The van der Waals surface area contributed by atoms with Crippen molar-refractivity contribution in [3.8, 4) is 0 Å². The summed E-state index contributed by atoms with van der Waals surface area (Å²) in [6.45, 7) is 3.65. The number of hydrogen-bond acceptors (Lipinski definition) is 4. The molecule has 0 saturated carbocycles. The molecule has 138 valence electrons. The first-order valence-electron chi connectivity index (χ1n) is 8.24. The fraction of sp³-hybridized carbons (Fsp3) is 0.263. The Morgan fingerprint density at radius 1 is 1.04 bits per heavy atom. The molecule has 3 aromatic rings. The molecule has 4 rings (SSSR count). The molecule has 27 heavy (non-hydrogen) atoms. The van der Waals surface area contributed by atoms with Crippen LogP contribution in [0, 0.1) is 5.82 Å². The molecular weight excluding hydrogens is 360 g/mol. The third-order valence-electron chi connectivity index (χ3n) is 4.37. The van der Waals surface area contributed by atoms with Crippen molar-refractivity contribution in [3.63, 3.8) is 0 Å². The van der Waals surface area contributed by atoms with Crippen LogP contribution in [0.3, 0.4) is 0 Å². The van der Waals surface area contributed by atoms with Crippen LogP contribution in [-0.4, -0.2) is 26.4 Å². The van der Waals surface area contributed by atoms with Crippen LogP contribution < -0.4 is 0 Å². The second-order valence-corrected chi connectivity index (χ2v) is 7.06. The van der Waals surface area contributed by atoms with Gasteiger partial charge in [-0.25, -0.2) is 9.37 Å². The van der Waals surface area contributed by atoms with E-state index in [1.165, 1.54) is 18.2 Å². The molecule has 1 aliphatic heterocycles. The molecule has 1 aliphatic rings. The van der Waals surface area contributed by atoms with Crippen LogP contribution in [-0.2, 0) is 12.6 Å². The monoisotopic (exact) mass is 374 g/mol. The maximum Gasteiger partial charge on any atom is 0.416 e. The Hall–Kier alpha value is -2.90. The zero-order valence-electron chi connectivity index (χ0n) is 14.5. The molecule has 0 amide bonds. The van der Waals surface area contributed by atoms with Crippen LogP contribution in [0.1, 0.15) is 36.4 Å². The van der Waals surface area contributed by atoms with Gasteiger partial charge in [0.25, 0.3) is 0 Å². The highest BCUT2D eigenvalue weighted by Gasteiger charge is 2.34. The molecule has 2 heterocycles. The smallest absolute Gasteiger partial charge is 0.274 e. The zero-order valence-corrected chi connectivity index (χ0v) is 14.5. The lowest BCUT2D eigenvalue weighted by atomic mass is 9.85. The van der Waals surface area contributed by atoms with Gasteiger partial charge < -0.3 is 0 Å². The minimum Gasteiger partial charge on any atom is -0.274 e. The number of aliphatic imine (C=N–C) groups is 1. The molecule has 0 radical (unpaired) electrons. The van der Waals surface area contributed by atoms with Crippen molar-refractivity contribution in [1.29, 1.82) is 0 Å². The lowest BCUT2D eigenvalue weighted by Gasteiger charge is -2.29. The molecule has 2 aromatic carbocycles. The van der Waals surface area contributed by atoms with Crippen LogP contribution >= 0.6 is 0 Å². The summed E-state index contributed by atoms with van der Waals surface area (Å²) < 4.78 is 53.0. The van der Waals surface area contributed by atoms with Crippen molar-refractivity contribution in [1.82, 2.24) is 15.2 Å². The second-order valence-electron chi connectivity index (χ2n) is 7.06. The first-order valence-corrected chi connectivity index (χ1v) is 8.24. The predicted octanol–water partition coefficient (Wildman–Crippen LogP) is 4.35. The number of rotatable bonds is 1. The van der Waals surface area contributed by atoms with Gasteiger partial charge in [-0.15, -0.1) is 10.2 Å². The highest BCUT2D eigenvalue weighted by molar-refractivity contribution is 6.12. The Balaban J connectivity index is 1.89. The summed E-state index contributed by atoms with van der Waals surface area (Å²) >= 11 is 0. The minimum absolute atomic E-state index is 0.0320. The molecule has 0 aliphatic carbocycles. The topological polar surface area (TPSA) is 51.0 Å². The van der Waals surface area contributed by atoms with Crippen LogP contribution in [0.2, 0.25) is 0 Å². The van der Waals surface area contributed by atoms with Crippen LogP contribution in [0.4, 0.5) is 17.6 Å². The molecule has 8 heteroatoms. The Morgan fingerprint density at radius 2 is 1.81 bits per heavy atom. The summed E-state index contributed by atoms with van der Waals surface area (Å²) in [4.78, 5) is 8.95. The first-order chi connectivity index (χ1) is 12.6. The van der Waals surface area contributed by atoms with Gasteiger partial charge in [0.15, 0.2) is 5.82 Å². The quantitative estimate of drug-likeness (QED) is 0.595. The van der Waals surface area contributed by atoms with Gasteiger partial charge in [0.2, 0.25) is 5.82 Å². The lowest BCUT2D eigenvalue weighted by molar-refractivity contribution is -0.137. The fourth-order valence-corrected chi connectivity index (χ4v) is 3.21. The summed E-state index contributed by atoms with van der Waals surface area (Å²) in [5, 5.41) is 7.86. The highest BCUT2D eigenvalue weighted by Crippen LogP contribution is 2.35. The van der Waals surface area contributed by atoms with E-state index in [4.69, 9.17) is 0 Å². The fourth-order valence-electron chi connectivity index (χ4n) is 3.21. The molecule has 4 nitrogen and oxygen atoms in total. The summed E-state index contributed by atoms with van der Waals surface area (Å²) in [6, 6.07) is 7.89. The average molecular weight is 374 g/mol. The van der Waals surface area contributed by atoms with Gasteiger partial charge in [-0.3, -0.25) is 4.99 Å². The van der Waals surface area contributed by atoms with E-state index < -0.39 is 23.1 Å². The molecule has 0 N–H and O–H groups in total. The predicted molar refractivity (Wildman–Crippen MR) is 92.2 cm³/mol. The molecule has 1 aromatic heterocycles. The Kier molecular flexibility index (Phi) is 3.76. The molecule has 0 unspecified atom stereocenters. The standard InChI is InChI=1S/C19H14F4N4/c1-18(2)9-10-8-11(19(21,22)23)6-7-12(10)15(25-18)17-24-14-5-3-4-13(20)16(14)26-27-17/h3-8H,9H2,1-2H3. The van der Waals surface area contributed by atoms with Crippen molar-refractivity contribution >= 4 is 16.7 Å². The van der Waals surface area contributed by atoms with Crippen molar-refractivity contribution in [2.24, 2.45) is 4.99 Å². The highest BCUT2D eigenvalue weighted by atomic mass is 19.4. The summed E-state index contributed by atoms with van der Waals surface area (Å²) in [6.07, 6.45) is -4.07. The average Bonchev–Trinajstić information content (AvgIpc) is 2.59. The Morgan fingerprint density at radius 3 is 2.56 bits per heavy atom. The molecule has 0 spiro atoms. The molecule has 0 bridgehead atoms. The third kappa shape index (κ3) is 3.15. The molecule has 0 fully saturated rings. The van der Waals surface area contributed by atoms with Gasteiger partial charge in [-0.1, -0.05) is 12.1 Å². The minimum atomic E-state index is -4.42. The van der Waals surface area contributed by atoms with Gasteiger partial charge in [-0.05, 0) is 50.1 Å². The summed E-state index contributed by atoms with van der Waals surface area (Å²) in [5.74, 6) is -0.387. The first kappa shape index (κ1) is 17.5. The van der Waals surface area contributed by atoms with Gasteiger partial charge in [0.1, 0.15) is 11.2 Å². The summed E-state index contributed by atoms with van der Waals surface area (Å²) in [7, 11) is 0. The second kappa shape index (κ2) is 5.80. The third-order valence-corrected chi connectivity index (χ3v) is 4.37. The number of alkyl halides is 3. The number of benzene rings is 2. The van der Waals surface area contributed by atoms with Crippen LogP contribution in [0.5, 0.6) is 0 Å². The lowest BCUT2D eigenvalue weighted by Crippen LogP contribution is -2.30. The molecule has 0 saturated heterocycles. The van der Waals surface area contributed by atoms with Gasteiger partial charge in [0.05, 0.1) is 16.6 Å². The number of halogens is 4. The van der Waals surface area contributed by atoms with Gasteiger partial charge in [0, 0.05) is 5.56 Å². The van der Waals surface area contributed by atoms with E-state index in [-0.39, 0.29) is 11.3 Å². The Labute approximate surface area is 152 Å². The number of hydrogen-bond donors (Lipinski definition) is 0. The number of fused-ring (bicyclic) bond motifs is 2. The van der Waals surface area contributed by atoms with E-state index in [0.29, 0.717) is 28.8 Å². The van der Waals surface area contributed by atoms with Crippen molar-refractivity contribution in [2.45, 2.75) is 32.0 Å². The van der Waals surface area contributed by atoms with Crippen molar-refractivity contribution in [3.05, 3.63) is 64.7 Å². The summed E-state index contributed by atoms with van der Waals surface area (Å²) in [5.41, 5.74) is 0.394. The van der Waals surface area contributed by atoms with Gasteiger partial charge in [-0.2, -0.15) is 13.2 Å². The largest absolute Gasteiger partial charge is 0.416 e. The normalized spacial score (nSPS) is 16.1. The Bertz CT molecular complexity index is 1090. The van der Waals surface area contributed by atoms with Crippen LogP contribution in [0.25, 0.3) is 11.0 Å². The number of aromatic nitrogens is 3. The SMILES string of the molecule is CC1(C)Cc2cc(C(F)(F)F)ccc2C(c2nnc3c(F)cccc3n2)=N1.